The minimum absolute atomic E-state index is 0.213. The summed E-state index contributed by atoms with van der Waals surface area (Å²) in [5.74, 6) is 0.854. The average Bonchev–Trinajstić information content (AvgIpc) is 3.15. The van der Waals surface area contributed by atoms with E-state index in [4.69, 9.17) is 22.5 Å². The maximum Gasteiger partial charge on any atom is 0.225 e. The predicted molar refractivity (Wildman–Crippen MR) is 65.4 cm³/mol. The summed E-state index contributed by atoms with van der Waals surface area (Å²) >= 11 is 5.75. The van der Waals surface area contributed by atoms with Crippen molar-refractivity contribution >= 4 is 23.4 Å². The zero-order valence-corrected chi connectivity index (χ0v) is 10.0. The van der Waals surface area contributed by atoms with Crippen molar-refractivity contribution in [1.82, 2.24) is 9.97 Å². The van der Waals surface area contributed by atoms with E-state index in [-0.39, 0.29) is 5.84 Å². The number of nitrogens with zero attached hydrogens (tertiary/aromatic N) is 4. The van der Waals surface area contributed by atoms with Crippen molar-refractivity contribution in [3.63, 3.8) is 0 Å². The molecule has 0 spiro atoms. The van der Waals surface area contributed by atoms with E-state index in [0.717, 1.165) is 12.8 Å². The van der Waals surface area contributed by atoms with E-state index in [1.54, 1.807) is 12.4 Å². The highest BCUT2D eigenvalue weighted by Gasteiger charge is 2.30. The number of oxime groups is 1. The first-order valence-electron chi connectivity index (χ1n) is 5.41. The highest BCUT2D eigenvalue weighted by molar-refractivity contribution is 6.30. The second-order valence-corrected chi connectivity index (χ2v) is 4.40. The fourth-order valence-electron chi connectivity index (χ4n) is 1.57. The van der Waals surface area contributed by atoms with Gasteiger partial charge in [-0.3, -0.25) is 0 Å². The highest BCUT2D eigenvalue weighted by atomic mass is 35.5. The number of anilines is 1. The van der Waals surface area contributed by atoms with Gasteiger partial charge in [-0.15, -0.1) is 0 Å². The van der Waals surface area contributed by atoms with Gasteiger partial charge in [-0.1, -0.05) is 16.8 Å². The lowest BCUT2D eigenvalue weighted by molar-refractivity contribution is 0.317. The Bertz CT molecular complexity index is 404. The van der Waals surface area contributed by atoms with Crippen molar-refractivity contribution < 1.29 is 5.21 Å². The molecule has 0 bridgehead atoms. The first kappa shape index (κ1) is 11.9. The predicted octanol–water partition coefficient (Wildman–Crippen LogP) is 1.24. The van der Waals surface area contributed by atoms with Gasteiger partial charge in [-0.05, 0) is 12.8 Å². The first-order valence-corrected chi connectivity index (χ1v) is 5.79. The van der Waals surface area contributed by atoms with Crippen molar-refractivity contribution in [2.24, 2.45) is 10.9 Å². The molecule has 1 saturated carbocycles. The summed E-state index contributed by atoms with van der Waals surface area (Å²) in [6, 6.07) is 0.461. The Morgan fingerprint density at radius 1 is 1.53 bits per heavy atom. The van der Waals surface area contributed by atoms with Crippen LogP contribution in [0.5, 0.6) is 0 Å². The number of aromatic nitrogens is 2. The van der Waals surface area contributed by atoms with Crippen molar-refractivity contribution in [2.45, 2.75) is 25.3 Å². The molecule has 0 amide bonds. The van der Waals surface area contributed by atoms with Crippen LogP contribution in [-0.2, 0) is 0 Å². The van der Waals surface area contributed by atoms with Crippen LogP contribution in [0.25, 0.3) is 0 Å². The summed E-state index contributed by atoms with van der Waals surface area (Å²) in [5.41, 5.74) is 5.46. The molecular weight excluding hydrogens is 242 g/mol. The molecule has 1 aliphatic rings. The van der Waals surface area contributed by atoms with Crippen LogP contribution in [0.4, 0.5) is 5.95 Å². The van der Waals surface area contributed by atoms with Gasteiger partial charge in [-0.25, -0.2) is 9.97 Å². The van der Waals surface area contributed by atoms with E-state index in [9.17, 15) is 0 Å². The Balaban J connectivity index is 2.04. The SMILES string of the molecule is NC(CCN(c1ncc(Cl)cn1)C1CC1)=NO. The maximum atomic E-state index is 8.50. The first-order chi connectivity index (χ1) is 8.20. The topological polar surface area (TPSA) is 87.6 Å². The summed E-state index contributed by atoms with van der Waals surface area (Å²) in [4.78, 5) is 10.4. The van der Waals surface area contributed by atoms with Gasteiger partial charge in [-0.2, -0.15) is 0 Å². The third-order valence-corrected chi connectivity index (χ3v) is 2.78. The van der Waals surface area contributed by atoms with Crippen molar-refractivity contribution in [1.29, 1.82) is 0 Å². The lowest BCUT2D eigenvalue weighted by Gasteiger charge is -2.21. The smallest absolute Gasteiger partial charge is 0.225 e. The molecule has 1 aliphatic carbocycles. The molecule has 2 rings (SSSR count). The van der Waals surface area contributed by atoms with Gasteiger partial charge in [0.05, 0.1) is 17.4 Å². The highest BCUT2D eigenvalue weighted by Crippen LogP contribution is 2.29. The van der Waals surface area contributed by atoms with E-state index in [1.165, 1.54) is 0 Å². The summed E-state index contributed by atoms with van der Waals surface area (Å²) in [6.45, 7) is 0.641. The van der Waals surface area contributed by atoms with E-state index in [1.807, 2.05) is 0 Å². The van der Waals surface area contributed by atoms with Gasteiger partial charge in [0.15, 0.2) is 0 Å². The van der Waals surface area contributed by atoms with E-state index in [0.29, 0.717) is 30.0 Å². The molecule has 3 N–H and O–H groups in total. The van der Waals surface area contributed by atoms with Crippen LogP contribution in [0.3, 0.4) is 0 Å². The molecule has 0 radical (unpaired) electrons. The van der Waals surface area contributed by atoms with Crippen LogP contribution in [0.15, 0.2) is 17.5 Å². The maximum absolute atomic E-state index is 8.50. The normalized spacial score (nSPS) is 15.9. The van der Waals surface area contributed by atoms with Crippen LogP contribution in [0.1, 0.15) is 19.3 Å². The molecule has 6 nitrogen and oxygen atoms in total. The molecule has 1 aromatic rings. The van der Waals surface area contributed by atoms with Gasteiger partial charge >= 0.3 is 0 Å². The average molecular weight is 256 g/mol. The zero-order valence-electron chi connectivity index (χ0n) is 9.25. The lowest BCUT2D eigenvalue weighted by atomic mass is 10.3. The summed E-state index contributed by atoms with van der Waals surface area (Å²) < 4.78 is 0. The second kappa shape index (κ2) is 5.18. The molecule has 92 valence electrons. The van der Waals surface area contributed by atoms with Gasteiger partial charge in [0.25, 0.3) is 0 Å². The molecule has 1 fully saturated rings. The number of nitrogens with two attached hydrogens (primary N) is 1. The zero-order chi connectivity index (χ0) is 12.3. The Hall–Kier alpha value is -1.56. The number of hydrogen-bond acceptors (Lipinski definition) is 5. The molecule has 0 aromatic carbocycles. The minimum atomic E-state index is 0.213. The Morgan fingerprint density at radius 3 is 2.71 bits per heavy atom. The van der Waals surface area contributed by atoms with E-state index >= 15 is 0 Å². The largest absolute Gasteiger partial charge is 0.409 e. The monoisotopic (exact) mass is 255 g/mol. The van der Waals surface area contributed by atoms with Crippen LogP contribution in [-0.4, -0.2) is 33.6 Å². The second-order valence-electron chi connectivity index (χ2n) is 3.97. The summed E-state index contributed by atoms with van der Waals surface area (Å²) in [7, 11) is 0. The van der Waals surface area contributed by atoms with Crippen molar-refractivity contribution in [3.8, 4) is 0 Å². The van der Waals surface area contributed by atoms with Crippen LogP contribution in [0.2, 0.25) is 5.02 Å². The molecule has 0 saturated heterocycles. The molecular formula is C10H14ClN5O. The molecule has 0 aliphatic heterocycles. The molecule has 1 aromatic heterocycles. The summed E-state index contributed by atoms with van der Waals surface area (Å²) in [6.07, 6.45) is 5.88. The molecule has 0 atom stereocenters. The summed E-state index contributed by atoms with van der Waals surface area (Å²) in [5, 5.41) is 12.0. The van der Waals surface area contributed by atoms with Crippen LogP contribution in [0, 0.1) is 0 Å². The van der Waals surface area contributed by atoms with Gasteiger partial charge < -0.3 is 15.8 Å². The number of hydrogen-bond donors (Lipinski definition) is 2. The third-order valence-electron chi connectivity index (χ3n) is 2.59. The third kappa shape index (κ3) is 3.20. The number of amidine groups is 1. The van der Waals surface area contributed by atoms with Gasteiger partial charge in [0.2, 0.25) is 5.95 Å². The Morgan fingerprint density at radius 2 is 2.18 bits per heavy atom. The van der Waals surface area contributed by atoms with Crippen LogP contribution < -0.4 is 10.6 Å². The standard InChI is InChI=1S/C10H14ClN5O/c11-7-5-13-10(14-6-7)16(8-1-2-8)4-3-9(12)15-17/h5-6,8,17H,1-4H2,(H2,12,15). The number of halogens is 1. The number of rotatable bonds is 5. The molecule has 7 heteroatoms. The molecule has 17 heavy (non-hydrogen) atoms. The van der Waals surface area contributed by atoms with Gasteiger partial charge in [0.1, 0.15) is 5.84 Å². The lowest BCUT2D eigenvalue weighted by Crippen LogP contribution is -2.31. The Kier molecular flexibility index (Phi) is 3.63. The van der Waals surface area contributed by atoms with E-state index in [2.05, 4.69) is 20.0 Å². The molecule has 0 unspecified atom stereocenters. The van der Waals surface area contributed by atoms with Crippen LogP contribution >= 0.6 is 11.6 Å². The minimum Gasteiger partial charge on any atom is -0.409 e. The molecule has 1 heterocycles. The Labute approximate surface area is 104 Å². The van der Waals surface area contributed by atoms with Crippen molar-refractivity contribution in [3.05, 3.63) is 17.4 Å². The van der Waals surface area contributed by atoms with Gasteiger partial charge in [0, 0.05) is 19.0 Å². The quantitative estimate of drug-likeness (QED) is 0.358. The van der Waals surface area contributed by atoms with Crippen molar-refractivity contribution in [2.75, 3.05) is 11.4 Å². The van der Waals surface area contributed by atoms with E-state index < -0.39 is 0 Å². The fourth-order valence-corrected chi connectivity index (χ4v) is 1.67. The fraction of sp³-hybridized carbons (Fsp3) is 0.500.